The molecular formula is C33H48N4O2. The molecule has 0 N–H and O–H groups in total. The number of para-hydroxylation sites is 2. The van der Waals surface area contributed by atoms with E-state index < -0.39 is 0 Å². The summed E-state index contributed by atoms with van der Waals surface area (Å²) in [6, 6.07) is 19.8. The van der Waals surface area contributed by atoms with Crippen LogP contribution in [0.2, 0.25) is 0 Å². The fraction of sp³-hybridized carbons (Fsp3) is 0.606. The van der Waals surface area contributed by atoms with Crippen LogP contribution in [0.15, 0.2) is 54.6 Å². The third kappa shape index (κ3) is 7.55. The van der Waals surface area contributed by atoms with Gasteiger partial charge < -0.3 is 14.5 Å². The second-order valence-electron chi connectivity index (χ2n) is 11.9. The number of hydrogen-bond acceptors (Lipinski definition) is 5. The fourth-order valence-corrected chi connectivity index (χ4v) is 6.70. The van der Waals surface area contributed by atoms with Crippen molar-refractivity contribution in [2.45, 2.75) is 58.0 Å². The van der Waals surface area contributed by atoms with Gasteiger partial charge >= 0.3 is 0 Å². The molecule has 0 spiro atoms. The van der Waals surface area contributed by atoms with Gasteiger partial charge in [0.05, 0.1) is 12.8 Å². The van der Waals surface area contributed by atoms with Gasteiger partial charge in [-0.25, -0.2) is 0 Å². The van der Waals surface area contributed by atoms with Crippen molar-refractivity contribution in [3.63, 3.8) is 0 Å². The average molecular weight is 533 g/mol. The summed E-state index contributed by atoms with van der Waals surface area (Å²) in [6.45, 7) is 11.4. The molecule has 6 heteroatoms. The number of piperazine rings is 1. The van der Waals surface area contributed by atoms with Gasteiger partial charge in [-0.15, -0.1) is 0 Å². The molecular weight excluding hydrogens is 484 g/mol. The van der Waals surface area contributed by atoms with Crippen LogP contribution in [0.5, 0.6) is 5.75 Å². The Morgan fingerprint density at radius 3 is 2.41 bits per heavy atom. The van der Waals surface area contributed by atoms with Crippen LogP contribution in [-0.4, -0.2) is 86.1 Å². The number of benzene rings is 2. The monoisotopic (exact) mass is 532 g/mol. The molecule has 39 heavy (non-hydrogen) atoms. The number of nitrogens with zero attached hydrogens (tertiary/aromatic N) is 4. The molecule has 2 aromatic rings. The summed E-state index contributed by atoms with van der Waals surface area (Å²) in [4.78, 5) is 23.3. The molecule has 2 heterocycles. The van der Waals surface area contributed by atoms with E-state index in [1.165, 1.54) is 30.5 Å². The van der Waals surface area contributed by atoms with Crippen LogP contribution >= 0.6 is 0 Å². The molecule has 0 radical (unpaired) electrons. The van der Waals surface area contributed by atoms with E-state index in [1.807, 2.05) is 6.07 Å². The van der Waals surface area contributed by atoms with Gasteiger partial charge in [-0.05, 0) is 68.2 Å². The minimum absolute atomic E-state index is 0.378. The van der Waals surface area contributed by atoms with Gasteiger partial charge in [0, 0.05) is 64.8 Å². The number of methoxy groups -OCH3 is 1. The van der Waals surface area contributed by atoms with Crippen molar-refractivity contribution in [1.29, 1.82) is 0 Å². The molecule has 0 aromatic heterocycles. The standard InChI is InChI=1S/C33H48N4O2/c1-3-18-37(25-28-13-14-28)33(38)16-15-29-26-34(24-27-9-5-4-6-10-27)19-17-30(29)35-20-22-36(23-21-35)31-11-7-8-12-32(31)39-2/h4-12,28-30H,3,13-26H2,1-2H3/t29-,30+/m1/s1. The second-order valence-corrected chi connectivity index (χ2v) is 11.9. The van der Waals surface area contributed by atoms with Crippen LogP contribution in [0.1, 0.15) is 51.0 Å². The lowest BCUT2D eigenvalue weighted by Gasteiger charge is -2.47. The minimum atomic E-state index is 0.378. The third-order valence-corrected chi connectivity index (χ3v) is 8.99. The molecule has 2 aromatic carbocycles. The van der Waals surface area contributed by atoms with E-state index >= 15 is 0 Å². The highest BCUT2D eigenvalue weighted by Gasteiger charge is 2.36. The predicted octanol–water partition coefficient (Wildman–Crippen LogP) is 5.14. The first kappa shape index (κ1) is 28.0. The quantitative estimate of drug-likeness (QED) is 0.379. The molecule has 1 amide bonds. The number of likely N-dealkylation sites (tertiary alicyclic amines) is 1. The number of anilines is 1. The Hall–Kier alpha value is -2.57. The first-order chi connectivity index (χ1) is 19.1. The highest BCUT2D eigenvalue weighted by atomic mass is 16.5. The van der Waals surface area contributed by atoms with Crippen LogP contribution in [0.25, 0.3) is 0 Å². The number of hydrogen-bond donors (Lipinski definition) is 0. The number of piperidine rings is 1. The molecule has 2 aliphatic heterocycles. The van der Waals surface area contributed by atoms with E-state index in [4.69, 9.17) is 4.74 Å². The average Bonchev–Trinajstić information content (AvgIpc) is 3.81. The summed E-state index contributed by atoms with van der Waals surface area (Å²) < 4.78 is 5.64. The molecule has 0 unspecified atom stereocenters. The lowest BCUT2D eigenvalue weighted by Crippen LogP contribution is -2.56. The normalized spacial score (nSPS) is 22.6. The summed E-state index contributed by atoms with van der Waals surface area (Å²) in [5, 5.41) is 0. The van der Waals surface area contributed by atoms with Crippen LogP contribution in [-0.2, 0) is 11.3 Å². The molecule has 6 nitrogen and oxygen atoms in total. The zero-order valence-electron chi connectivity index (χ0n) is 24.1. The fourth-order valence-electron chi connectivity index (χ4n) is 6.70. The van der Waals surface area contributed by atoms with Gasteiger partial charge in [0.2, 0.25) is 5.91 Å². The largest absolute Gasteiger partial charge is 0.495 e. The van der Waals surface area contributed by atoms with Crippen LogP contribution in [0.4, 0.5) is 5.69 Å². The Balaban J connectivity index is 1.22. The number of amides is 1. The maximum Gasteiger partial charge on any atom is 0.222 e. The molecule has 3 aliphatic rings. The van der Waals surface area contributed by atoms with Crippen LogP contribution < -0.4 is 9.64 Å². The number of ether oxygens (including phenoxy) is 1. The van der Waals surface area contributed by atoms with Crippen LogP contribution in [0, 0.1) is 11.8 Å². The Labute approximate surface area is 235 Å². The molecule has 2 saturated heterocycles. The first-order valence-corrected chi connectivity index (χ1v) is 15.3. The molecule has 0 bridgehead atoms. The summed E-state index contributed by atoms with van der Waals surface area (Å²) in [6.07, 6.45) is 6.51. The van der Waals surface area contributed by atoms with E-state index in [0.717, 1.165) is 83.4 Å². The molecule has 212 valence electrons. The van der Waals surface area contributed by atoms with Gasteiger partial charge in [-0.1, -0.05) is 49.4 Å². The SMILES string of the molecule is CCCN(CC1CC1)C(=O)CC[C@@H]1CN(Cc2ccccc2)CC[C@@H]1N1CCN(c2ccccc2OC)CC1. The smallest absolute Gasteiger partial charge is 0.222 e. The van der Waals surface area contributed by atoms with E-state index in [9.17, 15) is 4.79 Å². The zero-order valence-corrected chi connectivity index (χ0v) is 24.1. The Morgan fingerprint density at radius 1 is 0.949 bits per heavy atom. The van der Waals surface area contributed by atoms with Crippen molar-refractivity contribution < 1.29 is 9.53 Å². The topological polar surface area (TPSA) is 39.3 Å². The Bertz CT molecular complexity index is 1040. The third-order valence-electron chi connectivity index (χ3n) is 8.99. The highest BCUT2D eigenvalue weighted by molar-refractivity contribution is 5.76. The molecule has 3 fully saturated rings. The summed E-state index contributed by atoms with van der Waals surface area (Å²) in [5.74, 6) is 2.61. The predicted molar refractivity (Wildman–Crippen MR) is 159 cm³/mol. The van der Waals surface area contributed by atoms with E-state index in [2.05, 4.69) is 75.1 Å². The summed E-state index contributed by atoms with van der Waals surface area (Å²) in [7, 11) is 1.76. The van der Waals surface area contributed by atoms with E-state index in [1.54, 1.807) is 7.11 Å². The van der Waals surface area contributed by atoms with Gasteiger partial charge in [-0.3, -0.25) is 14.6 Å². The van der Waals surface area contributed by atoms with Crippen molar-refractivity contribution in [2.75, 3.05) is 64.4 Å². The van der Waals surface area contributed by atoms with Crippen LogP contribution in [0.3, 0.4) is 0 Å². The minimum Gasteiger partial charge on any atom is -0.495 e. The zero-order chi connectivity index (χ0) is 27.0. The van der Waals surface area contributed by atoms with Gasteiger partial charge in [0.25, 0.3) is 0 Å². The second kappa shape index (κ2) is 13.7. The first-order valence-electron chi connectivity index (χ1n) is 15.3. The number of carbonyl (C=O) groups is 1. The van der Waals surface area contributed by atoms with Crippen molar-refractivity contribution in [3.05, 3.63) is 60.2 Å². The lowest BCUT2D eigenvalue weighted by atomic mass is 9.86. The van der Waals surface area contributed by atoms with Crippen molar-refractivity contribution >= 4 is 11.6 Å². The molecule has 1 saturated carbocycles. The van der Waals surface area contributed by atoms with Gasteiger partial charge in [0.1, 0.15) is 5.75 Å². The lowest BCUT2D eigenvalue weighted by molar-refractivity contribution is -0.132. The molecule has 2 atom stereocenters. The maximum atomic E-state index is 13.3. The number of carbonyl (C=O) groups excluding carboxylic acids is 1. The molecule has 5 rings (SSSR count). The van der Waals surface area contributed by atoms with E-state index in [0.29, 0.717) is 24.3 Å². The molecule has 1 aliphatic carbocycles. The summed E-state index contributed by atoms with van der Waals surface area (Å²) in [5.41, 5.74) is 2.58. The maximum absolute atomic E-state index is 13.3. The highest BCUT2D eigenvalue weighted by Crippen LogP contribution is 2.33. The Morgan fingerprint density at radius 2 is 1.69 bits per heavy atom. The summed E-state index contributed by atoms with van der Waals surface area (Å²) >= 11 is 0. The van der Waals surface area contributed by atoms with Crippen molar-refractivity contribution in [3.8, 4) is 5.75 Å². The van der Waals surface area contributed by atoms with Crippen molar-refractivity contribution in [1.82, 2.24) is 14.7 Å². The van der Waals surface area contributed by atoms with E-state index in [-0.39, 0.29) is 0 Å². The number of rotatable bonds is 12. The van der Waals surface area contributed by atoms with Gasteiger partial charge in [-0.2, -0.15) is 0 Å². The van der Waals surface area contributed by atoms with Crippen molar-refractivity contribution in [2.24, 2.45) is 11.8 Å². The van der Waals surface area contributed by atoms with Gasteiger partial charge in [0.15, 0.2) is 0 Å². The Kier molecular flexibility index (Phi) is 9.81.